The number of hydrogen-bond donors (Lipinski definition) is 0. The van der Waals surface area contributed by atoms with Gasteiger partial charge in [0.2, 0.25) is 0 Å². The molecule has 0 bridgehead atoms. The average Bonchev–Trinajstić information content (AvgIpc) is 3.07. The number of thiazole rings is 1. The summed E-state index contributed by atoms with van der Waals surface area (Å²) in [6.07, 6.45) is 1.89. The molecule has 1 amide bonds. The van der Waals surface area contributed by atoms with Crippen LogP contribution in [0.2, 0.25) is 0 Å². The number of aryl methyl sites for hydroxylation is 3. The van der Waals surface area contributed by atoms with E-state index in [1.165, 1.54) is 16.9 Å². The van der Waals surface area contributed by atoms with Crippen molar-refractivity contribution < 1.29 is 14.3 Å². The summed E-state index contributed by atoms with van der Waals surface area (Å²) in [5, 5.41) is 1.88. The molecule has 0 radical (unpaired) electrons. The van der Waals surface area contributed by atoms with Gasteiger partial charge in [0.15, 0.2) is 11.4 Å². The fourth-order valence-corrected chi connectivity index (χ4v) is 3.58. The molecule has 0 aliphatic heterocycles. The van der Waals surface area contributed by atoms with Gasteiger partial charge in [-0.25, -0.2) is 4.79 Å². The molecule has 0 saturated heterocycles. The quantitative estimate of drug-likeness (QED) is 0.618. The Kier molecular flexibility index (Phi) is 6.21. The molecule has 3 aromatic rings. The van der Waals surface area contributed by atoms with E-state index in [4.69, 9.17) is 4.74 Å². The van der Waals surface area contributed by atoms with E-state index >= 15 is 0 Å². The van der Waals surface area contributed by atoms with Gasteiger partial charge in [-0.1, -0.05) is 47.0 Å². The van der Waals surface area contributed by atoms with Crippen LogP contribution in [0.4, 0.5) is 0 Å². The van der Waals surface area contributed by atoms with Crippen LogP contribution in [0.1, 0.15) is 32.6 Å². The van der Waals surface area contributed by atoms with E-state index in [-0.39, 0.29) is 6.61 Å². The second-order valence-corrected chi connectivity index (χ2v) is 7.63. The molecule has 2 aromatic carbocycles. The fraction of sp³-hybridized carbons (Fsp3) is 0.227. The van der Waals surface area contributed by atoms with Crippen LogP contribution in [-0.4, -0.2) is 23.1 Å². The zero-order chi connectivity index (χ0) is 20.1. The van der Waals surface area contributed by atoms with Crippen molar-refractivity contribution in [3.05, 3.63) is 86.7 Å². The lowest BCUT2D eigenvalue weighted by Crippen LogP contribution is -2.20. The molecule has 0 fully saturated rings. The Morgan fingerprint density at radius 1 is 1.00 bits per heavy atom. The van der Waals surface area contributed by atoms with Crippen LogP contribution in [-0.2, 0) is 16.1 Å². The van der Waals surface area contributed by atoms with Gasteiger partial charge >= 0.3 is 5.97 Å². The Hall–Kier alpha value is -2.99. The lowest BCUT2D eigenvalue weighted by atomic mass is 10.1. The van der Waals surface area contributed by atoms with E-state index in [9.17, 15) is 9.59 Å². The molecule has 28 heavy (non-hydrogen) atoms. The van der Waals surface area contributed by atoms with Gasteiger partial charge in [0.1, 0.15) is 0 Å². The molecule has 0 N–H and O–H groups in total. The number of aromatic nitrogens is 1. The summed E-state index contributed by atoms with van der Waals surface area (Å²) in [4.78, 5) is 29.0. The highest BCUT2D eigenvalue weighted by atomic mass is 32.1. The first kappa shape index (κ1) is 19.8. The van der Waals surface area contributed by atoms with Crippen molar-refractivity contribution in [1.82, 2.24) is 4.57 Å². The Morgan fingerprint density at radius 2 is 1.68 bits per heavy atom. The number of ether oxygens (including phenoxy) is 1. The molecule has 5 nitrogen and oxygen atoms in total. The number of rotatable bonds is 5. The highest BCUT2D eigenvalue weighted by molar-refractivity contribution is 7.07. The third-order valence-electron chi connectivity index (χ3n) is 4.14. The first-order valence-corrected chi connectivity index (χ1v) is 9.81. The van der Waals surface area contributed by atoms with Gasteiger partial charge in [-0.2, -0.15) is 4.99 Å². The van der Waals surface area contributed by atoms with Crippen LogP contribution in [0, 0.1) is 20.8 Å². The maximum absolute atomic E-state index is 12.2. The molecule has 1 aromatic heterocycles. The average molecular weight is 394 g/mol. The highest BCUT2D eigenvalue weighted by Gasteiger charge is 2.11. The van der Waals surface area contributed by atoms with Crippen LogP contribution in [0.5, 0.6) is 0 Å². The standard InChI is InChI=1S/C22H22N2O3S/c1-15-4-6-18(7-5-15)13-24-8-9-28-22(24)23-20(25)14-27-21(26)19-11-16(2)10-17(3)12-19/h4-12H,13-14H2,1-3H3. The first-order chi connectivity index (χ1) is 13.4. The number of carbonyl (C=O) groups is 2. The maximum atomic E-state index is 12.2. The second-order valence-electron chi connectivity index (χ2n) is 6.76. The first-order valence-electron chi connectivity index (χ1n) is 8.93. The third-order valence-corrected chi connectivity index (χ3v) is 4.93. The summed E-state index contributed by atoms with van der Waals surface area (Å²) in [5.41, 5.74) is 4.71. The molecule has 0 aliphatic rings. The molecular formula is C22H22N2O3S. The van der Waals surface area contributed by atoms with Gasteiger partial charge in [-0.3, -0.25) is 4.79 Å². The van der Waals surface area contributed by atoms with Crippen LogP contribution < -0.4 is 4.80 Å². The molecule has 0 unspecified atom stereocenters. The van der Waals surface area contributed by atoms with Crippen molar-refractivity contribution in [1.29, 1.82) is 0 Å². The van der Waals surface area contributed by atoms with E-state index in [1.807, 2.05) is 43.0 Å². The van der Waals surface area contributed by atoms with E-state index in [0.717, 1.165) is 16.7 Å². The van der Waals surface area contributed by atoms with Gasteiger partial charge in [0, 0.05) is 18.1 Å². The molecule has 1 heterocycles. The zero-order valence-corrected chi connectivity index (χ0v) is 17.0. The molecule has 144 valence electrons. The van der Waals surface area contributed by atoms with Crippen molar-refractivity contribution in [2.24, 2.45) is 4.99 Å². The van der Waals surface area contributed by atoms with Gasteiger partial charge in [0.25, 0.3) is 5.91 Å². The Morgan fingerprint density at radius 3 is 2.36 bits per heavy atom. The summed E-state index contributed by atoms with van der Waals surface area (Å²) in [5.74, 6) is -1.01. The van der Waals surface area contributed by atoms with Crippen molar-refractivity contribution in [3.63, 3.8) is 0 Å². The minimum atomic E-state index is -0.519. The van der Waals surface area contributed by atoms with E-state index in [0.29, 0.717) is 16.9 Å². The smallest absolute Gasteiger partial charge is 0.338 e. The summed E-state index contributed by atoms with van der Waals surface area (Å²) >= 11 is 1.37. The highest BCUT2D eigenvalue weighted by Crippen LogP contribution is 2.10. The largest absolute Gasteiger partial charge is 0.452 e. The Labute approximate surface area is 168 Å². The lowest BCUT2D eigenvalue weighted by Gasteiger charge is -2.05. The lowest BCUT2D eigenvalue weighted by molar-refractivity contribution is -0.121. The second kappa shape index (κ2) is 8.80. The van der Waals surface area contributed by atoms with Crippen molar-refractivity contribution in [2.75, 3.05) is 6.61 Å². The van der Waals surface area contributed by atoms with Gasteiger partial charge in [-0.15, -0.1) is 11.3 Å². The monoisotopic (exact) mass is 394 g/mol. The number of carbonyl (C=O) groups excluding carboxylic acids is 2. The molecule has 6 heteroatoms. The summed E-state index contributed by atoms with van der Waals surface area (Å²) in [7, 11) is 0. The van der Waals surface area contributed by atoms with Crippen LogP contribution >= 0.6 is 11.3 Å². The molecule has 0 spiro atoms. The van der Waals surface area contributed by atoms with Gasteiger partial charge in [0.05, 0.1) is 5.56 Å². The number of benzene rings is 2. The van der Waals surface area contributed by atoms with E-state index in [2.05, 4.69) is 29.3 Å². The van der Waals surface area contributed by atoms with Gasteiger partial charge < -0.3 is 9.30 Å². The van der Waals surface area contributed by atoms with Crippen LogP contribution in [0.3, 0.4) is 0 Å². The van der Waals surface area contributed by atoms with Gasteiger partial charge in [-0.05, 0) is 38.5 Å². The topological polar surface area (TPSA) is 60.7 Å². The molecule has 0 atom stereocenters. The summed E-state index contributed by atoms with van der Waals surface area (Å²) in [6.45, 7) is 6.11. The van der Waals surface area contributed by atoms with Crippen molar-refractivity contribution in [3.8, 4) is 0 Å². The fourth-order valence-electron chi connectivity index (χ4n) is 2.84. The zero-order valence-electron chi connectivity index (χ0n) is 16.1. The van der Waals surface area contributed by atoms with E-state index < -0.39 is 11.9 Å². The predicted octanol–water partition coefficient (Wildman–Crippen LogP) is 3.81. The molecular weight excluding hydrogens is 372 g/mol. The number of hydrogen-bond acceptors (Lipinski definition) is 4. The maximum Gasteiger partial charge on any atom is 0.338 e. The number of nitrogens with zero attached hydrogens (tertiary/aromatic N) is 2. The third kappa shape index (κ3) is 5.27. The SMILES string of the molecule is Cc1ccc(Cn2ccsc2=NC(=O)COC(=O)c2cc(C)cc(C)c2)cc1. The molecule has 3 rings (SSSR count). The van der Waals surface area contributed by atoms with Crippen LogP contribution in [0.25, 0.3) is 0 Å². The minimum absolute atomic E-state index is 0.381. The summed E-state index contributed by atoms with van der Waals surface area (Å²) in [6, 6.07) is 13.7. The Balaban J connectivity index is 1.65. The van der Waals surface area contributed by atoms with Crippen molar-refractivity contribution >= 4 is 23.2 Å². The molecule has 0 aliphatic carbocycles. The normalized spacial score (nSPS) is 11.5. The number of esters is 1. The number of amides is 1. The molecule has 0 saturated carbocycles. The van der Waals surface area contributed by atoms with Crippen molar-refractivity contribution in [2.45, 2.75) is 27.3 Å². The minimum Gasteiger partial charge on any atom is -0.452 e. The predicted molar refractivity (Wildman–Crippen MR) is 109 cm³/mol. The Bertz CT molecular complexity index is 1040. The van der Waals surface area contributed by atoms with Crippen LogP contribution in [0.15, 0.2) is 59.0 Å². The summed E-state index contributed by atoms with van der Waals surface area (Å²) < 4.78 is 7.03. The van der Waals surface area contributed by atoms with E-state index in [1.54, 1.807) is 12.1 Å².